The van der Waals surface area contributed by atoms with Crippen molar-refractivity contribution in [2.75, 3.05) is 37.7 Å². The molecule has 8 nitrogen and oxygen atoms in total. The molecule has 2 fully saturated rings. The molecule has 1 unspecified atom stereocenters. The minimum absolute atomic E-state index is 0.213. The Labute approximate surface area is 199 Å². The molecule has 34 heavy (non-hydrogen) atoms. The fourth-order valence-corrected chi connectivity index (χ4v) is 5.90. The van der Waals surface area contributed by atoms with Crippen LogP contribution in [-0.4, -0.2) is 74.6 Å². The summed E-state index contributed by atoms with van der Waals surface area (Å²) in [5, 5.41) is 20.3. The van der Waals surface area contributed by atoms with Gasteiger partial charge >= 0.3 is 0 Å². The molecule has 0 radical (unpaired) electrons. The second kappa shape index (κ2) is 8.37. The monoisotopic (exact) mass is 461 g/mol. The molecule has 0 saturated carbocycles. The lowest BCUT2D eigenvalue weighted by molar-refractivity contribution is 0.0318. The number of ether oxygens (including phenoxy) is 1. The summed E-state index contributed by atoms with van der Waals surface area (Å²) in [5.74, 6) is 1.32. The summed E-state index contributed by atoms with van der Waals surface area (Å²) in [6.07, 6.45) is 7.17. The number of imidazole rings is 1. The van der Waals surface area contributed by atoms with E-state index < -0.39 is 6.29 Å². The summed E-state index contributed by atoms with van der Waals surface area (Å²) in [5.41, 5.74) is 5.93. The molecule has 0 aliphatic carbocycles. The highest BCUT2D eigenvalue weighted by atomic mass is 16.6. The molecule has 3 atom stereocenters. The quantitative estimate of drug-likeness (QED) is 0.617. The Bertz CT molecular complexity index is 1270. The molecule has 1 aromatic carbocycles. The van der Waals surface area contributed by atoms with Crippen LogP contribution in [0.15, 0.2) is 30.6 Å². The molecule has 3 aromatic rings. The fourth-order valence-electron chi connectivity index (χ4n) is 5.90. The number of hydrogen-bond donors (Lipinski definition) is 2. The van der Waals surface area contributed by atoms with Gasteiger partial charge in [-0.15, -0.1) is 0 Å². The first kappa shape index (κ1) is 21.6. The van der Waals surface area contributed by atoms with E-state index in [0.717, 1.165) is 54.5 Å². The van der Waals surface area contributed by atoms with Crippen molar-refractivity contribution in [3.8, 4) is 5.75 Å². The first-order chi connectivity index (χ1) is 16.5. The van der Waals surface area contributed by atoms with E-state index in [9.17, 15) is 10.2 Å². The summed E-state index contributed by atoms with van der Waals surface area (Å²) in [6, 6.07) is 6.74. The van der Waals surface area contributed by atoms with Crippen LogP contribution in [0.3, 0.4) is 0 Å². The number of rotatable bonds is 4. The molecule has 0 bridgehead atoms. The van der Waals surface area contributed by atoms with Crippen molar-refractivity contribution < 1.29 is 14.9 Å². The SMILES string of the molecule is Cc1cn2cc(C3=Cc4ccc(N5C[C@@H]6CCCN(CCO)[C@@H]6C5)cc4OC3O)nc2c(C)n1. The van der Waals surface area contributed by atoms with Crippen molar-refractivity contribution in [2.45, 2.75) is 39.0 Å². The van der Waals surface area contributed by atoms with E-state index in [2.05, 4.69) is 26.9 Å². The number of aromatic nitrogens is 3. The van der Waals surface area contributed by atoms with Crippen LogP contribution in [0, 0.1) is 19.8 Å². The highest BCUT2D eigenvalue weighted by Gasteiger charge is 2.39. The van der Waals surface area contributed by atoms with Crippen molar-refractivity contribution in [2.24, 2.45) is 5.92 Å². The third-order valence-corrected chi connectivity index (χ3v) is 7.48. The highest BCUT2D eigenvalue weighted by molar-refractivity contribution is 5.86. The molecule has 3 aliphatic rings. The number of β-amino-alcohol motifs (C(OH)–C–C–N with tert-alkyl or cyclic N) is 1. The van der Waals surface area contributed by atoms with Gasteiger partial charge in [0.05, 0.1) is 23.7 Å². The van der Waals surface area contributed by atoms with Gasteiger partial charge in [-0.1, -0.05) is 0 Å². The van der Waals surface area contributed by atoms with Crippen LogP contribution in [0.1, 0.15) is 35.5 Å². The molecule has 2 aromatic heterocycles. The lowest BCUT2D eigenvalue weighted by Crippen LogP contribution is -2.46. The maximum absolute atomic E-state index is 10.8. The number of aliphatic hydroxyl groups excluding tert-OH is 2. The van der Waals surface area contributed by atoms with E-state index in [0.29, 0.717) is 29.0 Å². The van der Waals surface area contributed by atoms with Gasteiger partial charge < -0.3 is 24.3 Å². The van der Waals surface area contributed by atoms with E-state index >= 15 is 0 Å². The number of benzene rings is 1. The summed E-state index contributed by atoms with van der Waals surface area (Å²) in [6.45, 7) is 7.91. The van der Waals surface area contributed by atoms with E-state index in [-0.39, 0.29) is 6.61 Å². The summed E-state index contributed by atoms with van der Waals surface area (Å²) in [7, 11) is 0. The third-order valence-electron chi connectivity index (χ3n) is 7.48. The van der Waals surface area contributed by atoms with Gasteiger partial charge in [-0.2, -0.15) is 0 Å². The average Bonchev–Trinajstić information content (AvgIpc) is 3.43. The van der Waals surface area contributed by atoms with E-state index in [4.69, 9.17) is 9.72 Å². The normalized spacial score (nSPS) is 24.6. The van der Waals surface area contributed by atoms with Crippen molar-refractivity contribution in [3.05, 3.63) is 53.2 Å². The number of aryl methyl sites for hydroxylation is 2. The van der Waals surface area contributed by atoms with Crippen LogP contribution in [0.2, 0.25) is 0 Å². The van der Waals surface area contributed by atoms with E-state index in [1.807, 2.05) is 42.8 Å². The lowest BCUT2D eigenvalue weighted by Gasteiger charge is -2.36. The number of likely N-dealkylation sites (tertiary alicyclic amines) is 1. The molecule has 178 valence electrons. The fraction of sp³-hybridized carbons (Fsp3) is 0.462. The Morgan fingerprint density at radius 1 is 1.15 bits per heavy atom. The van der Waals surface area contributed by atoms with E-state index in [1.165, 1.54) is 12.8 Å². The van der Waals surface area contributed by atoms with Gasteiger partial charge in [0.25, 0.3) is 0 Å². The lowest BCUT2D eigenvalue weighted by atomic mass is 9.92. The maximum Gasteiger partial charge on any atom is 0.226 e. The number of aliphatic hydroxyl groups is 2. The molecule has 0 amide bonds. The summed E-state index contributed by atoms with van der Waals surface area (Å²) >= 11 is 0. The Hall–Kier alpha value is -2.94. The second-order valence-electron chi connectivity index (χ2n) is 9.75. The van der Waals surface area contributed by atoms with Crippen LogP contribution in [0.5, 0.6) is 5.75 Å². The first-order valence-electron chi connectivity index (χ1n) is 12.1. The van der Waals surface area contributed by atoms with E-state index in [1.54, 1.807) is 0 Å². The van der Waals surface area contributed by atoms with Gasteiger partial charge in [0.1, 0.15) is 5.75 Å². The standard InChI is InChI=1S/C26H31N5O3/c1-16-12-31-14-22(28-25(31)17(2)27-16)21-10-18-5-6-20(11-24(18)34-26(21)33)30-13-19-4-3-7-29(8-9-32)23(19)15-30/h5-6,10-12,14,19,23,26,32-33H,3-4,7-9,13,15H2,1-2H3/t19-,23+,26?/m0/s1. The van der Waals surface area contributed by atoms with Crippen molar-refractivity contribution >= 4 is 23.0 Å². The zero-order valence-corrected chi connectivity index (χ0v) is 19.7. The molecule has 2 saturated heterocycles. The summed E-state index contributed by atoms with van der Waals surface area (Å²) < 4.78 is 7.93. The third kappa shape index (κ3) is 3.66. The second-order valence-corrected chi connectivity index (χ2v) is 9.75. The van der Waals surface area contributed by atoms with Crippen LogP contribution in [0.25, 0.3) is 17.3 Å². The Kier molecular flexibility index (Phi) is 5.32. The zero-order chi connectivity index (χ0) is 23.4. The van der Waals surface area contributed by atoms with Gasteiger partial charge in [0.2, 0.25) is 6.29 Å². The number of nitrogens with zero attached hydrogens (tertiary/aromatic N) is 5. The Morgan fingerprint density at radius 3 is 2.88 bits per heavy atom. The molecule has 8 heteroatoms. The van der Waals surface area contributed by atoms with Crippen molar-refractivity contribution in [1.82, 2.24) is 19.3 Å². The predicted molar refractivity (Wildman–Crippen MR) is 131 cm³/mol. The molecule has 0 spiro atoms. The van der Waals surface area contributed by atoms with Gasteiger partial charge in [0.15, 0.2) is 5.65 Å². The summed E-state index contributed by atoms with van der Waals surface area (Å²) in [4.78, 5) is 14.1. The topological polar surface area (TPSA) is 86.4 Å². The van der Waals surface area contributed by atoms with Crippen LogP contribution < -0.4 is 9.64 Å². The van der Waals surface area contributed by atoms with Gasteiger partial charge in [-0.25, -0.2) is 4.98 Å². The minimum Gasteiger partial charge on any atom is -0.460 e. The molecular weight excluding hydrogens is 430 g/mol. The molecule has 5 heterocycles. The van der Waals surface area contributed by atoms with Crippen LogP contribution in [0.4, 0.5) is 5.69 Å². The van der Waals surface area contributed by atoms with Crippen molar-refractivity contribution in [3.63, 3.8) is 0 Å². The molecule has 3 aliphatic heterocycles. The van der Waals surface area contributed by atoms with Gasteiger partial charge in [0, 0.05) is 61.0 Å². The predicted octanol–water partition coefficient (Wildman–Crippen LogP) is 2.49. The Balaban J connectivity index is 1.28. The largest absolute Gasteiger partial charge is 0.460 e. The maximum atomic E-state index is 10.8. The van der Waals surface area contributed by atoms with Gasteiger partial charge in [-0.05, 0) is 57.4 Å². The van der Waals surface area contributed by atoms with Crippen LogP contribution in [-0.2, 0) is 0 Å². The van der Waals surface area contributed by atoms with Crippen molar-refractivity contribution in [1.29, 1.82) is 0 Å². The average molecular weight is 462 g/mol. The van der Waals surface area contributed by atoms with Crippen LogP contribution >= 0.6 is 0 Å². The molecule has 6 rings (SSSR count). The minimum atomic E-state index is -1.08. The number of hydrogen-bond acceptors (Lipinski definition) is 7. The molecular formula is C26H31N5O3. The zero-order valence-electron chi connectivity index (χ0n) is 19.7. The first-order valence-corrected chi connectivity index (χ1v) is 12.1. The smallest absolute Gasteiger partial charge is 0.226 e. The van der Waals surface area contributed by atoms with Gasteiger partial charge in [-0.3, -0.25) is 9.88 Å². The highest BCUT2D eigenvalue weighted by Crippen LogP contribution is 2.39. The Morgan fingerprint density at radius 2 is 2.03 bits per heavy atom. The number of fused-ring (bicyclic) bond motifs is 3. The molecule has 2 N–H and O–H groups in total. The number of anilines is 1. The number of piperidine rings is 1.